The first kappa shape index (κ1) is 26.9. The first-order valence-corrected chi connectivity index (χ1v) is 14.6. The van der Waals surface area contributed by atoms with Gasteiger partial charge in [-0.2, -0.15) is 0 Å². The number of piperidine rings is 1. The van der Waals surface area contributed by atoms with Gasteiger partial charge in [-0.15, -0.1) is 22.7 Å². The summed E-state index contributed by atoms with van der Waals surface area (Å²) in [6.07, 6.45) is 3.77. The topological polar surface area (TPSA) is 59.0 Å². The summed E-state index contributed by atoms with van der Waals surface area (Å²) in [7, 11) is 0. The lowest BCUT2D eigenvalue weighted by Crippen LogP contribution is -2.49. The second kappa shape index (κ2) is 12.9. The predicted molar refractivity (Wildman–Crippen MR) is 147 cm³/mol. The van der Waals surface area contributed by atoms with Crippen LogP contribution >= 0.6 is 22.7 Å². The molecule has 1 aromatic carbocycles. The van der Waals surface area contributed by atoms with E-state index in [1.54, 1.807) is 0 Å². The maximum absolute atomic E-state index is 13.6. The Balaban J connectivity index is 1.42. The standard InChI is InChI=1S/C29H37NO4S2/c1-22(2)13-14-23-15-17-30(16-8-18-33-24-9-4-3-5-10-24)21-25(23)34-28(31)29(32,26-11-6-19-35-26)27-12-7-20-36-27/h3-7,9-12,19-20,22-23,25,32H,8,13-18,21H2,1-2H3. The summed E-state index contributed by atoms with van der Waals surface area (Å²) in [6, 6.07) is 17.2. The van der Waals surface area contributed by atoms with Gasteiger partial charge in [-0.05, 0) is 72.7 Å². The van der Waals surface area contributed by atoms with E-state index in [4.69, 9.17) is 9.47 Å². The maximum atomic E-state index is 13.6. The molecule has 194 valence electrons. The Morgan fingerprint density at radius 2 is 1.78 bits per heavy atom. The molecule has 0 radical (unpaired) electrons. The predicted octanol–water partition coefficient (Wildman–Crippen LogP) is 6.18. The minimum atomic E-state index is -1.77. The van der Waals surface area contributed by atoms with Crippen LogP contribution in [-0.2, 0) is 15.1 Å². The summed E-state index contributed by atoms with van der Waals surface area (Å²) < 4.78 is 12.1. The van der Waals surface area contributed by atoms with Crippen molar-refractivity contribution in [3.8, 4) is 5.75 Å². The molecule has 0 amide bonds. The van der Waals surface area contributed by atoms with Crippen LogP contribution in [-0.4, -0.2) is 48.3 Å². The van der Waals surface area contributed by atoms with Crippen molar-refractivity contribution in [3.63, 3.8) is 0 Å². The highest BCUT2D eigenvalue weighted by Crippen LogP contribution is 2.38. The fourth-order valence-electron chi connectivity index (χ4n) is 4.75. The minimum absolute atomic E-state index is 0.244. The van der Waals surface area contributed by atoms with Gasteiger partial charge in [0.15, 0.2) is 0 Å². The van der Waals surface area contributed by atoms with E-state index in [0.717, 1.165) is 44.5 Å². The normalized spacial score (nSPS) is 18.9. The largest absolute Gasteiger partial charge is 0.494 e. The number of para-hydroxylation sites is 1. The van der Waals surface area contributed by atoms with Crippen molar-refractivity contribution in [2.24, 2.45) is 11.8 Å². The summed E-state index contributed by atoms with van der Waals surface area (Å²) in [5.41, 5.74) is -1.77. The molecule has 0 aliphatic carbocycles. The molecule has 4 rings (SSSR count). The number of ether oxygens (including phenoxy) is 2. The summed E-state index contributed by atoms with van der Waals surface area (Å²) in [4.78, 5) is 17.2. The highest BCUT2D eigenvalue weighted by atomic mass is 32.1. The van der Waals surface area contributed by atoms with Gasteiger partial charge < -0.3 is 14.6 Å². The number of likely N-dealkylation sites (tertiary alicyclic amines) is 1. The molecule has 1 N–H and O–H groups in total. The number of hydrogen-bond donors (Lipinski definition) is 1. The van der Waals surface area contributed by atoms with Crippen molar-refractivity contribution in [3.05, 3.63) is 75.1 Å². The number of nitrogens with zero attached hydrogens (tertiary/aromatic N) is 1. The Morgan fingerprint density at radius 3 is 2.39 bits per heavy atom. The van der Waals surface area contributed by atoms with Crippen LogP contribution in [0.15, 0.2) is 65.4 Å². The van der Waals surface area contributed by atoms with Crippen LogP contribution in [0.3, 0.4) is 0 Å². The summed E-state index contributed by atoms with van der Waals surface area (Å²) >= 11 is 2.75. The third kappa shape index (κ3) is 6.76. The lowest BCUT2D eigenvalue weighted by molar-refractivity contribution is -0.173. The number of carbonyl (C=O) groups is 1. The Kier molecular flexibility index (Phi) is 9.60. The molecule has 1 aliphatic heterocycles. The first-order chi connectivity index (χ1) is 17.5. The van der Waals surface area contributed by atoms with E-state index < -0.39 is 11.6 Å². The molecular formula is C29H37NO4S2. The highest BCUT2D eigenvalue weighted by Gasteiger charge is 2.46. The third-order valence-electron chi connectivity index (χ3n) is 6.83. The van der Waals surface area contributed by atoms with E-state index in [2.05, 4.69) is 18.7 Å². The maximum Gasteiger partial charge on any atom is 0.349 e. The summed E-state index contributed by atoms with van der Waals surface area (Å²) in [5, 5.41) is 15.5. The number of carbonyl (C=O) groups excluding carboxylic acids is 1. The Morgan fingerprint density at radius 1 is 1.08 bits per heavy atom. The molecule has 3 aromatic rings. The molecule has 1 fully saturated rings. The lowest BCUT2D eigenvalue weighted by atomic mass is 9.87. The van der Waals surface area contributed by atoms with Crippen molar-refractivity contribution < 1.29 is 19.4 Å². The molecule has 2 aromatic heterocycles. The van der Waals surface area contributed by atoms with E-state index in [1.807, 2.05) is 65.4 Å². The molecule has 7 heteroatoms. The van der Waals surface area contributed by atoms with Crippen molar-refractivity contribution >= 4 is 28.6 Å². The van der Waals surface area contributed by atoms with E-state index >= 15 is 0 Å². The van der Waals surface area contributed by atoms with Crippen LogP contribution in [0.4, 0.5) is 0 Å². The van der Waals surface area contributed by atoms with Crippen LogP contribution < -0.4 is 4.74 Å². The van der Waals surface area contributed by atoms with Crippen LogP contribution in [0.5, 0.6) is 5.75 Å². The zero-order valence-electron chi connectivity index (χ0n) is 21.2. The molecule has 0 saturated carbocycles. The zero-order chi connectivity index (χ0) is 25.4. The SMILES string of the molecule is CC(C)CCC1CCN(CCCOc2ccccc2)CC1OC(=O)C(O)(c1cccs1)c1cccs1. The third-order valence-corrected chi connectivity index (χ3v) is 8.79. The monoisotopic (exact) mass is 527 g/mol. The minimum Gasteiger partial charge on any atom is -0.494 e. The van der Waals surface area contributed by atoms with Crippen LogP contribution in [0, 0.1) is 11.8 Å². The first-order valence-electron chi connectivity index (χ1n) is 12.9. The van der Waals surface area contributed by atoms with Crippen molar-refractivity contribution in [1.29, 1.82) is 0 Å². The van der Waals surface area contributed by atoms with Gasteiger partial charge >= 0.3 is 5.97 Å². The number of esters is 1. The number of rotatable bonds is 12. The molecule has 1 aliphatic rings. The van der Waals surface area contributed by atoms with E-state index in [1.165, 1.54) is 22.7 Å². The quantitative estimate of drug-likeness (QED) is 0.225. The molecule has 0 spiro atoms. The van der Waals surface area contributed by atoms with Gasteiger partial charge in [0.1, 0.15) is 11.9 Å². The number of aliphatic hydroxyl groups is 1. The zero-order valence-corrected chi connectivity index (χ0v) is 22.8. The Hall–Kier alpha value is -2.19. The van der Waals surface area contributed by atoms with Gasteiger partial charge in [-0.1, -0.05) is 50.6 Å². The fraction of sp³-hybridized carbons (Fsp3) is 0.483. The van der Waals surface area contributed by atoms with Crippen LogP contribution in [0.1, 0.15) is 49.3 Å². The number of benzene rings is 1. The second-order valence-electron chi connectivity index (χ2n) is 9.94. The van der Waals surface area contributed by atoms with Gasteiger partial charge in [0, 0.05) is 13.1 Å². The van der Waals surface area contributed by atoms with Gasteiger partial charge in [0.2, 0.25) is 5.60 Å². The number of thiophene rings is 2. The average Bonchev–Trinajstić information content (AvgIpc) is 3.61. The molecule has 2 unspecified atom stereocenters. The fourth-order valence-corrected chi connectivity index (χ4v) is 6.47. The molecule has 0 bridgehead atoms. The second-order valence-corrected chi connectivity index (χ2v) is 11.8. The molecule has 3 heterocycles. The molecule has 1 saturated heterocycles. The molecule has 5 nitrogen and oxygen atoms in total. The van der Waals surface area contributed by atoms with Crippen LogP contribution in [0.25, 0.3) is 0 Å². The van der Waals surface area contributed by atoms with E-state index in [-0.39, 0.29) is 6.10 Å². The highest BCUT2D eigenvalue weighted by molar-refractivity contribution is 7.12. The summed E-state index contributed by atoms with van der Waals surface area (Å²) in [6.45, 7) is 7.67. The molecule has 36 heavy (non-hydrogen) atoms. The van der Waals surface area contributed by atoms with E-state index in [0.29, 0.717) is 34.7 Å². The van der Waals surface area contributed by atoms with Crippen molar-refractivity contribution in [2.75, 3.05) is 26.2 Å². The molecular weight excluding hydrogens is 490 g/mol. The van der Waals surface area contributed by atoms with Gasteiger partial charge in [-0.25, -0.2) is 4.79 Å². The van der Waals surface area contributed by atoms with Crippen molar-refractivity contribution in [1.82, 2.24) is 4.90 Å². The summed E-state index contributed by atoms with van der Waals surface area (Å²) in [5.74, 6) is 1.21. The molecule has 2 atom stereocenters. The van der Waals surface area contributed by atoms with Gasteiger partial charge in [0.25, 0.3) is 0 Å². The van der Waals surface area contributed by atoms with E-state index in [9.17, 15) is 9.90 Å². The average molecular weight is 528 g/mol. The Labute approximate surface area is 222 Å². The lowest BCUT2D eigenvalue weighted by Gasteiger charge is -2.39. The van der Waals surface area contributed by atoms with Gasteiger partial charge in [-0.3, -0.25) is 4.90 Å². The van der Waals surface area contributed by atoms with Crippen LogP contribution in [0.2, 0.25) is 0 Å². The number of hydrogen-bond acceptors (Lipinski definition) is 7. The smallest absolute Gasteiger partial charge is 0.349 e. The van der Waals surface area contributed by atoms with Crippen molar-refractivity contribution in [2.45, 2.75) is 51.2 Å². The Bertz CT molecular complexity index is 1000. The van der Waals surface area contributed by atoms with Gasteiger partial charge in [0.05, 0.1) is 16.4 Å².